The van der Waals surface area contributed by atoms with Crippen molar-refractivity contribution in [3.63, 3.8) is 0 Å². The van der Waals surface area contributed by atoms with Crippen molar-refractivity contribution in [1.29, 1.82) is 5.26 Å². The number of hydrogen-bond acceptors (Lipinski definition) is 11. The number of hydrogen-bond donors (Lipinski definition) is 4. The molecule has 4 N–H and O–H groups in total. The smallest absolute Gasteiger partial charge is 0.359 e. The minimum absolute atomic E-state index is 0. The number of nitriles is 1. The average Bonchev–Trinajstić information content (AvgIpc) is 3.74. The molecule has 2 heterocycles. The second-order valence-electron chi connectivity index (χ2n) is 11.6. The summed E-state index contributed by atoms with van der Waals surface area (Å²) in [5.41, 5.74) is 3.24. The van der Waals surface area contributed by atoms with Crippen LogP contribution in [0.2, 0.25) is 0 Å². The van der Waals surface area contributed by atoms with Gasteiger partial charge in [-0.3, -0.25) is 9.98 Å². The molecular weight excluding hydrogens is 791 g/mol. The van der Waals surface area contributed by atoms with Gasteiger partial charge in [0.05, 0.1) is 75.5 Å². The second kappa shape index (κ2) is 19.6. The van der Waals surface area contributed by atoms with E-state index in [0.717, 1.165) is 4.68 Å². The topological polar surface area (TPSA) is 230 Å². The van der Waals surface area contributed by atoms with Crippen LogP contribution in [0.5, 0.6) is 11.8 Å². The first-order valence-electron chi connectivity index (χ1n) is 17.0. The van der Waals surface area contributed by atoms with Gasteiger partial charge in [0.2, 0.25) is 11.8 Å². The molecule has 0 aliphatic heterocycles. The third kappa shape index (κ3) is 9.68. The van der Waals surface area contributed by atoms with E-state index >= 15 is 0 Å². The number of ether oxygens (including phenoxy) is 1. The molecular formula is C41H32CoN8O8. The Hall–Kier alpha value is -7.86. The predicted molar refractivity (Wildman–Crippen MR) is 208 cm³/mol. The molecule has 2 aromatic heterocycles. The molecule has 16 nitrogen and oxygen atoms in total. The van der Waals surface area contributed by atoms with E-state index in [1.54, 1.807) is 85.8 Å². The first-order valence-corrected chi connectivity index (χ1v) is 17.0. The number of aromatic hydroxyl groups is 2. The van der Waals surface area contributed by atoms with Gasteiger partial charge in [0.25, 0.3) is 0 Å². The minimum Gasteiger partial charge on any atom is -0.493 e. The number of carboxylic acid groups (broad SMARTS) is 2. The van der Waals surface area contributed by atoms with Crippen LogP contribution in [0.4, 0.5) is 17.1 Å². The van der Waals surface area contributed by atoms with Gasteiger partial charge in [-0.2, -0.15) is 20.1 Å². The number of aliphatic imine (C=N–C) groups is 2. The Kier molecular flexibility index (Phi) is 14.5. The minimum atomic E-state index is -1.16. The van der Waals surface area contributed by atoms with Crippen molar-refractivity contribution in [2.45, 2.75) is 20.3 Å². The Bertz CT molecular complexity index is 2600. The molecule has 0 spiro atoms. The molecule has 0 saturated heterocycles. The van der Waals surface area contributed by atoms with Crippen LogP contribution in [-0.2, 0) is 27.9 Å². The van der Waals surface area contributed by atoms with E-state index in [4.69, 9.17) is 16.6 Å². The zero-order valence-electron chi connectivity index (χ0n) is 30.6. The Morgan fingerprint density at radius 1 is 0.776 bits per heavy atom. The summed E-state index contributed by atoms with van der Waals surface area (Å²) in [5.74, 6) is -3.49. The molecule has 0 bridgehead atoms. The molecule has 0 fully saturated rings. The van der Waals surface area contributed by atoms with Crippen LogP contribution >= 0.6 is 0 Å². The van der Waals surface area contributed by atoms with Crippen LogP contribution in [-0.4, -0.2) is 76.9 Å². The maximum atomic E-state index is 12.3. The summed E-state index contributed by atoms with van der Waals surface area (Å²) in [5, 5.41) is 57.3. The number of carbonyl (C=O) groups excluding carboxylic acids is 1. The molecule has 0 aliphatic carbocycles. The van der Waals surface area contributed by atoms with Crippen molar-refractivity contribution in [1.82, 2.24) is 19.6 Å². The Labute approximate surface area is 341 Å². The van der Waals surface area contributed by atoms with Crippen LogP contribution in [0.3, 0.4) is 0 Å². The van der Waals surface area contributed by atoms with Crippen molar-refractivity contribution in [3.8, 4) is 29.2 Å². The number of aromatic nitrogens is 4. The largest absolute Gasteiger partial charge is 0.493 e. The van der Waals surface area contributed by atoms with Gasteiger partial charge in [-0.1, -0.05) is 43.3 Å². The summed E-state index contributed by atoms with van der Waals surface area (Å²) in [6.45, 7) is 10.7. The maximum Gasteiger partial charge on any atom is 0.359 e. The molecule has 6 aromatic rings. The van der Waals surface area contributed by atoms with Gasteiger partial charge >= 0.3 is 17.9 Å². The van der Waals surface area contributed by atoms with Crippen molar-refractivity contribution in [3.05, 3.63) is 148 Å². The van der Waals surface area contributed by atoms with Crippen LogP contribution in [0.25, 0.3) is 16.2 Å². The number of carboxylic acids is 2. The summed E-state index contributed by atoms with van der Waals surface area (Å²) in [6, 6.07) is 27.4. The Morgan fingerprint density at radius 3 is 1.74 bits per heavy atom. The van der Waals surface area contributed by atoms with Gasteiger partial charge in [-0.05, 0) is 74.0 Å². The standard InChI is InChI=1S/C21H16N4O5.C20H16N4O3.Co/c1-3-30-21(29)18-16(12-23-17-7-5-4-6-15(17)20(27)28)19(26)25(24-18)14-10-8-13(22-2)9-11-14;1-2-17-16(12-22-18-6-4-3-5-15(18)20(26)27)19(25)24(23-17)14-9-7-13(11-21)8-10-14;/h4-12,26H,3H2,1H3,(H,27,28);3-10,12,25H,2H2,1H3,(H,26,27);. The first kappa shape index (κ1) is 42.9. The SMILES string of the molecule is CCc1nn(-c2ccc(C#N)cc2)c(O)c1C=Nc1ccccc1C(=O)O.[C-]#[N+]c1ccc(-n2nc(C(=O)OCC)c(C=Nc3ccccc3C(=O)O)c2O)cc1.[Co]. The van der Waals surface area contributed by atoms with Crippen molar-refractivity contribution in [2.24, 2.45) is 9.98 Å². The fraction of sp³-hybridized carbons (Fsp3) is 0.0976. The Balaban J connectivity index is 0.000000254. The van der Waals surface area contributed by atoms with E-state index in [-0.39, 0.29) is 68.9 Å². The number of aromatic carboxylic acids is 2. The van der Waals surface area contributed by atoms with Crippen LogP contribution in [0.15, 0.2) is 107 Å². The van der Waals surface area contributed by atoms with Gasteiger partial charge in [0.1, 0.15) is 0 Å². The Morgan fingerprint density at radius 2 is 1.26 bits per heavy atom. The monoisotopic (exact) mass is 823 g/mol. The third-order valence-corrected chi connectivity index (χ3v) is 8.07. The number of nitrogens with zero attached hydrogens (tertiary/aromatic N) is 8. The molecule has 58 heavy (non-hydrogen) atoms. The van der Waals surface area contributed by atoms with E-state index in [1.807, 2.05) is 13.0 Å². The fourth-order valence-electron chi connectivity index (χ4n) is 5.26. The fourth-order valence-corrected chi connectivity index (χ4v) is 5.26. The molecule has 0 aliphatic rings. The van der Waals surface area contributed by atoms with E-state index in [9.17, 15) is 34.8 Å². The van der Waals surface area contributed by atoms with E-state index in [0.29, 0.717) is 40.3 Å². The van der Waals surface area contributed by atoms with E-state index in [1.165, 1.54) is 35.3 Å². The molecule has 293 valence electrons. The average molecular weight is 824 g/mol. The van der Waals surface area contributed by atoms with Gasteiger partial charge < -0.3 is 25.2 Å². The molecule has 6 rings (SSSR count). The number of esters is 1. The summed E-state index contributed by atoms with van der Waals surface area (Å²) < 4.78 is 7.48. The van der Waals surface area contributed by atoms with Gasteiger partial charge in [0, 0.05) is 29.2 Å². The van der Waals surface area contributed by atoms with Crippen LogP contribution < -0.4 is 0 Å². The van der Waals surface area contributed by atoms with E-state index < -0.39 is 17.9 Å². The molecule has 0 atom stereocenters. The van der Waals surface area contributed by atoms with E-state index in [2.05, 4.69) is 25.0 Å². The number of para-hydroxylation sites is 2. The predicted octanol–water partition coefficient (Wildman–Crippen LogP) is 7.21. The maximum absolute atomic E-state index is 12.3. The zero-order chi connectivity index (χ0) is 41.1. The number of rotatable bonds is 11. The summed E-state index contributed by atoms with van der Waals surface area (Å²) in [7, 11) is 0. The molecule has 0 unspecified atom stereocenters. The van der Waals surface area contributed by atoms with Crippen LogP contribution in [0.1, 0.15) is 67.4 Å². The summed E-state index contributed by atoms with van der Waals surface area (Å²) >= 11 is 0. The van der Waals surface area contributed by atoms with Gasteiger partial charge in [0.15, 0.2) is 11.4 Å². The molecule has 4 aromatic carbocycles. The number of carbonyl (C=O) groups is 3. The van der Waals surface area contributed by atoms with Crippen molar-refractivity contribution >= 4 is 47.4 Å². The zero-order valence-corrected chi connectivity index (χ0v) is 31.7. The van der Waals surface area contributed by atoms with Crippen LogP contribution in [0, 0.1) is 17.9 Å². The third-order valence-electron chi connectivity index (χ3n) is 8.07. The van der Waals surface area contributed by atoms with Gasteiger partial charge in [-0.15, -0.1) is 0 Å². The molecule has 17 heteroatoms. The molecule has 0 amide bonds. The van der Waals surface area contributed by atoms with Crippen molar-refractivity contribution in [2.75, 3.05) is 6.61 Å². The second-order valence-corrected chi connectivity index (χ2v) is 11.6. The molecule has 0 saturated carbocycles. The summed E-state index contributed by atoms with van der Waals surface area (Å²) in [6.07, 6.45) is 3.14. The summed E-state index contributed by atoms with van der Waals surface area (Å²) in [4.78, 5) is 46.7. The normalized spacial score (nSPS) is 10.6. The number of aryl methyl sites for hydroxylation is 1. The molecule has 1 radical (unpaired) electrons. The van der Waals surface area contributed by atoms with Gasteiger partial charge in [-0.25, -0.2) is 23.9 Å². The number of benzene rings is 4. The van der Waals surface area contributed by atoms with Crippen molar-refractivity contribution < 1.29 is 56.3 Å². The first-order chi connectivity index (χ1) is 27.5. The quantitative estimate of drug-likeness (QED) is 0.0579.